The van der Waals surface area contributed by atoms with Gasteiger partial charge in [-0.2, -0.15) is 0 Å². The zero-order valence-corrected chi connectivity index (χ0v) is 22.2. The normalized spacial score (nSPS) is 19.6. The Kier molecular flexibility index (Phi) is 9.00. The number of hydrogen-bond donors (Lipinski definition) is 0. The molecule has 9 nitrogen and oxygen atoms in total. The summed E-state index contributed by atoms with van der Waals surface area (Å²) in [5, 5.41) is 0. The number of ether oxygens (including phenoxy) is 5. The van der Waals surface area contributed by atoms with E-state index >= 15 is 0 Å². The van der Waals surface area contributed by atoms with Crippen molar-refractivity contribution in [2.45, 2.75) is 24.6 Å². The molecule has 1 saturated heterocycles. The fourth-order valence-corrected chi connectivity index (χ4v) is 4.27. The van der Waals surface area contributed by atoms with Crippen molar-refractivity contribution in [3.63, 3.8) is 0 Å². The summed E-state index contributed by atoms with van der Waals surface area (Å²) >= 11 is 0. The quantitative estimate of drug-likeness (QED) is 0.218. The Morgan fingerprint density at radius 2 is 0.786 bits per heavy atom. The maximum absolute atomic E-state index is 13.2. The van der Waals surface area contributed by atoms with Crippen LogP contribution in [-0.4, -0.2) is 55.1 Å². The van der Waals surface area contributed by atoms with Crippen molar-refractivity contribution >= 4 is 23.9 Å². The van der Waals surface area contributed by atoms with Crippen molar-refractivity contribution < 1.29 is 42.9 Å². The van der Waals surface area contributed by atoms with Crippen LogP contribution in [0.1, 0.15) is 41.4 Å². The van der Waals surface area contributed by atoms with E-state index < -0.39 is 48.5 Å². The number of hydrogen-bond acceptors (Lipinski definition) is 9. The highest BCUT2D eigenvalue weighted by Gasteiger charge is 2.50. The van der Waals surface area contributed by atoms with Gasteiger partial charge in [-0.05, 0) is 48.5 Å². The fourth-order valence-electron chi connectivity index (χ4n) is 4.27. The van der Waals surface area contributed by atoms with Gasteiger partial charge in [-0.25, -0.2) is 19.2 Å². The molecule has 0 aliphatic carbocycles. The molecule has 0 amide bonds. The molecule has 1 aliphatic heterocycles. The van der Waals surface area contributed by atoms with Crippen LogP contribution in [0.4, 0.5) is 0 Å². The average Bonchev–Trinajstić information content (AvgIpc) is 3.05. The average molecular weight is 567 g/mol. The number of carbonyl (C=O) groups excluding carboxylic acids is 4. The summed E-state index contributed by atoms with van der Waals surface area (Å²) in [6, 6.07) is 32.6. The molecule has 0 N–H and O–H groups in total. The second-order valence-electron chi connectivity index (χ2n) is 9.25. The molecule has 4 aromatic rings. The minimum absolute atomic E-state index is 0.196. The van der Waals surface area contributed by atoms with E-state index in [0.717, 1.165) is 0 Å². The molecule has 42 heavy (non-hydrogen) atoms. The van der Waals surface area contributed by atoms with E-state index in [1.807, 2.05) is 0 Å². The van der Waals surface area contributed by atoms with Crippen molar-refractivity contribution in [2.24, 2.45) is 0 Å². The van der Waals surface area contributed by atoms with E-state index in [-0.39, 0.29) is 28.9 Å². The molecule has 0 aromatic heterocycles. The molecule has 0 radical (unpaired) electrons. The second-order valence-corrected chi connectivity index (χ2v) is 9.25. The molecule has 1 unspecified atom stereocenters. The van der Waals surface area contributed by atoms with Gasteiger partial charge in [-0.3, -0.25) is 0 Å². The number of carbonyl (C=O) groups is 4. The van der Waals surface area contributed by atoms with Gasteiger partial charge < -0.3 is 23.7 Å². The van der Waals surface area contributed by atoms with Crippen molar-refractivity contribution in [3.8, 4) is 0 Å². The van der Waals surface area contributed by atoms with Crippen LogP contribution >= 0.6 is 0 Å². The lowest BCUT2D eigenvalue weighted by molar-refractivity contribution is -0.250. The lowest BCUT2D eigenvalue weighted by Gasteiger charge is -2.40. The third-order valence-electron chi connectivity index (χ3n) is 6.39. The summed E-state index contributed by atoms with van der Waals surface area (Å²) in [5.74, 6) is -3.02. The van der Waals surface area contributed by atoms with Gasteiger partial charge >= 0.3 is 23.9 Å². The van der Waals surface area contributed by atoms with Crippen LogP contribution in [0, 0.1) is 0 Å². The first-order chi connectivity index (χ1) is 20.5. The number of benzene rings is 4. The van der Waals surface area contributed by atoms with Gasteiger partial charge in [0, 0.05) is 0 Å². The molecular weight excluding hydrogens is 540 g/mol. The highest BCUT2D eigenvalue weighted by Crippen LogP contribution is 2.28. The summed E-state index contributed by atoms with van der Waals surface area (Å²) in [4.78, 5) is 52.4. The van der Waals surface area contributed by atoms with E-state index in [9.17, 15) is 19.2 Å². The summed E-state index contributed by atoms with van der Waals surface area (Å²) in [6.07, 6.45) is -5.61. The highest BCUT2D eigenvalue weighted by atomic mass is 16.7. The van der Waals surface area contributed by atoms with E-state index in [1.165, 1.54) is 12.1 Å². The maximum atomic E-state index is 13.2. The molecule has 0 spiro atoms. The van der Waals surface area contributed by atoms with E-state index in [1.54, 1.807) is 109 Å². The smallest absolute Gasteiger partial charge is 0.340 e. The molecule has 0 saturated carbocycles. The fraction of sp³-hybridized carbons (Fsp3) is 0.152. The Hall–Kier alpha value is -5.28. The monoisotopic (exact) mass is 566 g/mol. The van der Waals surface area contributed by atoms with Crippen LogP contribution in [0.2, 0.25) is 0 Å². The van der Waals surface area contributed by atoms with Crippen molar-refractivity contribution in [2.75, 3.05) is 6.61 Å². The van der Waals surface area contributed by atoms with Crippen molar-refractivity contribution in [1.29, 1.82) is 0 Å². The third kappa shape index (κ3) is 6.89. The lowest BCUT2D eigenvalue weighted by Crippen LogP contribution is -2.58. The predicted molar refractivity (Wildman–Crippen MR) is 149 cm³/mol. The standard InChI is InChI=1S/C33H26O9/c34-29(22-13-5-1-6-14-22)39-26-21-38-33(42-32(37)25-19-11-4-12-20-25)28(41-31(36)24-17-9-3-10-18-24)27(26)40-30(35)23-15-7-2-8-16-23/h1-20,26-28,33H,21H2/t26-,27-,28+,33?/m0/s1. The first kappa shape index (κ1) is 28.3. The first-order valence-electron chi connectivity index (χ1n) is 13.2. The summed E-state index contributed by atoms with van der Waals surface area (Å²) in [7, 11) is 0. The zero-order valence-electron chi connectivity index (χ0n) is 22.2. The van der Waals surface area contributed by atoms with Crippen LogP contribution in [0.15, 0.2) is 121 Å². The first-order valence-corrected chi connectivity index (χ1v) is 13.2. The molecule has 1 heterocycles. The molecule has 9 heteroatoms. The molecule has 1 aliphatic rings. The number of rotatable bonds is 8. The Morgan fingerprint density at radius 1 is 0.452 bits per heavy atom. The van der Waals surface area contributed by atoms with Crippen LogP contribution in [-0.2, 0) is 23.7 Å². The van der Waals surface area contributed by atoms with Gasteiger partial charge in [0.25, 0.3) is 0 Å². The van der Waals surface area contributed by atoms with E-state index in [4.69, 9.17) is 23.7 Å². The van der Waals surface area contributed by atoms with Gasteiger partial charge in [0.2, 0.25) is 12.4 Å². The van der Waals surface area contributed by atoms with Crippen molar-refractivity contribution in [1.82, 2.24) is 0 Å². The molecule has 0 bridgehead atoms. The zero-order chi connectivity index (χ0) is 29.3. The van der Waals surface area contributed by atoms with Gasteiger partial charge in [-0.1, -0.05) is 72.8 Å². The Labute approximate surface area is 241 Å². The molecule has 212 valence electrons. The highest BCUT2D eigenvalue weighted by molar-refractivity contribution is 5.91. The van der Waals surface area contributed by atoms with Crippen LogP contribution in [0.5, 0.6) is 0 Å². The topological polar surface area (TPSA) is 114 Å². The lowest BCUT2D eigenvalue weighted by atomic mass is 10.0. The second kappa shape index (κ2) is 13.4. The molecule has 1 fully saturated rings. The molecular formula is C33H26O9. The van der Waals surface area contributed by atoms with Gasteiger partial charge in [0.1, 0.15) is 0 Å². The summed E-state index contributed by atoms with van der Waals surface area (Å²) in [6.45, 7) is -0.322. The SMILES string of the molecule is O=C(OC1OC[C@H](OC(=O)c2ccccc2)[C@H](OC(=O)c2ccccc2)[C@H]1OC(=O)c1ccccc1)c1ccccc1. The summed E-state index contributed by atoms with van der Waals surface area (Å²) < 4.78 is 28.7. The Balaban J connectivity index is 1.48. The van der Waals surface area contributed by atoms with Gasteiger partial charge in [0.05, 0.1) is 28.9 Å². The third-order valence-corrected chi connectivity index (χ3v) is 6.39. The molecule has 4 aromatic carbocycles. The number of esters is 4. The van der Waals surface area contributed by atoms with E-state index in [2.05, 4.69) is 0 Å². The minimum Gasteiger partial charge on any atom is -0.452 e. The van der Waals surface area contributed by atoms with Crippen LogP contribution in [0.3, 0.4) is 0 Å². The van der Waals surface area contributed by atoms with E-state index in [0.29, 0.717) is 0 Å². The minimum atomic E-state index is -1.50. The van der Waals surface area contributed by atoms with Crippen molar-refractivity contribution in [3.05, 3.63) is 144 Å². The Bertz CT molecular complexity index is 1390. The molecule has 5 rings (SSSR count). The Morgan fingerprint density at radius 3 is 1.19 bits per heavy atom. The summed E-state index contributed by atoms with van der Waals surface area (Å²) in [5.41, 5.74) is 0.885. The van der Waals surface area contributed by atoms with Gasteiger partial charge in [0.15, 0.2) is 12.2 Å². The van der Waals surface area contributed by atoms with Crippen LogP contribution in [0.25, 0.3) is 0 Å². The maximum Gasteiger partial charge on any atom is 0.340 e. The molecule has 4 atom stereocenters. The predicted octanol–water partition coefficient (Wildman–Crippen LogP) is 4.88. The van der Waals surface area contributed by atoms with Crippen LogP contribution < -0.4 is 0 Å². The van der Waals surface area contributed by atoms with Gasteiger partial charge in [-0.15, -0.1) is 0 Å². The largest absolute Gasteiger partial charge is 0.452 e.